The number of carboxylic acids is 1. The molecule has 0 unspecified atom stereocenters. The molecule has 1 aliphatic heterocycles. The standard InChI is InChI=1S/C16H19NO3/c18-15(17-9-8-12(10-17)16(19)20)14-7-3-5-11-4-1-2-6-13(11)14/h1-2,4,6,12,14H,3,5,7-10H2,(H,19,20)/t12-,14+/m1/s1. The molecule has 1 aromatic rings. The van der Waals surface area contributed by atoms with Crippen molar-refractivity contribution in [2.75, 3.05) is 13.1 Å². The second-order valence-electron chi connectivity index (χ2n) is 5.75. The highest BCUT2D eigenvalue weighted by Crippen LogP contribution is 2.34. The highest BCUT2D eigenvalue weighted by molar-refractivity contribution is 5.85. The number of carbonyl (C=O) groups excluding carboxylic acids is 1. The van der Waals surface area contributed by atoms with Crippen LogP contribution in [0.2, 0.25) is 0 Å². The van der Waals surface area contributed by atoms with E-state index in [9.17, 15) is 9.59 Å². The van der Waals surface area contributed by atoms with Gasteiger partial charge >= 0.3 is 5.97 Å². The highest BCUT2D eigenvalue weighted by Gasteiger charge is 2.35. The van der Waals surface area contributed by atoms with E-state index in [1.54, 1.807) is 4.90 Å². The lowest BCUT2D eigenvalue weighted by Gasteiger charge is -2.28. The quantitative estimate of drug-likeness (QED) is 0.897. The summed E-state index contributed by atoms with van der Waals surface area (Å²) in [5, 5.41) is 9.04. The minimum atomic E-state index is -0.788. The molecule has 0 saturated carbocycles. The van der Waals surface area contributed by atoms with Crippen LogP contribution in [-0.4, -0.2) is 35.0 Å². The van der Waals surface area contributed by atoms with Gasteiger partial charge < -0.3 is 10.0 Å². The summed E-state index contributed by atoms with van der Waals surface area (Å²) in [7, 11) is 0. The van der Waals surface area contributed by atoms with Crippen LogP contribution in [0, 0.1) is 5.92 Å². The Kier molecular flexibility index (Phi) is 3.47. The molecule has 1 aliphatic carbocycles. The summed E-state index contributed by atoms with van der Waals surface area (Å²) >= 11 is 0. The van der Waals surface area contributed by atoms with Gasteiger partial charge in [-0.25, -0.2) is 0 Å². The predicted octanol–water partition coefficient (Wildman–Crippen LogP) is 2.04. The summed E-state index contributed by atoms with van der Waals surface area (Å²) in [6.45, 7) is 0.946. The predicted molar refractivity (Wildman–Crippen MR) is 74.4 cm³/mol. The number of aliphatic carboxylic acids is 1. The lowest BCUT2D eigenvalue weighted by atomic mass is 9.82. The molecule has 1 aromatic carbocycles. The van der Waals surface area contributed by atoms with Gasteiger partial charge in [-0.3, -0.25) is 9.59 Å². The number of fused-ring (bicyclic) bond motifs is 1. The normalized spacial score (nSPS) is 25.3. The SMILES string of the molecule is O=C(O)[C@@H]1CCN(C(=O)[C@H]2CCCc3ccccc32)C1. The summed E-state index contributed by atoms with van der Waals surface area (Å²) in [5.41, 5.74) is 2.41. The number of amides is 1. The number of aryl methyl sites for hydroxylation is 1. The highest BCUT2D eigenvalue weighted by atomic mass is 16.4. The summed E-state index contributed by atoms with van der Waals surface area (Å²) in [4.78, 5) is 25.4. The summed E-state index contributed by atoms with van der Waals surface area (Å²) in [6, 6.07) is 8.14. The third-order valence-corrected chi connectivity index (χ3v) is 4.52. The Balaban J connectivity index is 1.78. The summed E-state index contributed by atoms with van der Waals surface area (Å²) in [6.07, 6.45) is 3.53. The minimum Gasteiger partial charge on any atom is -0.481 e. The molecule has 106 valence electrons. The Bertz CT molecular complexity index is 540. The van der Waals surface area contributed by atoms with Crippen LogP contribution in [0.25, 0.3) is 0 Å². The van der Waals surface area contributed by atoms with Gasteiger partial charge in [-0.2, -0.15) is 0 Å². The van der Waals surface area contributed by atoms with Crippen LogP contribution in [0.4, 0.5) is 0 Å². The fourth-order valence-electron chi connectivity index (χ4n) is 3.39. The number of carbonyl (C=O) groups is 2. The first-order chi connectivity index (χ1) is 9.66. The molecule has 1 saturated heterocycles. The Labute approximate surface area is 118 Å². The lowest BCUT2D eigenvalue weighted by molar-refractivity contribution is -0.141. The zero-order chi connectivity index (χ0) is 14.1. The number of rotatable bonds is 2. The van der Waals surface area contributed by atoms with E-state index in [0.717, 1.165) is 24.8 Å². The van der Waals surface area contributed by atoms with E-state index in [-0.39, 0.29) is 11.8 Å². The molecule has 20 heavy (non-hydrogen) atoms. The van der Waals surface area contributed by atoms with E-state index in [0.29, 0.717) is 19.5 Å². The van der Waals surface area contributed by atoms with Crippen molar-refractivity contribution in [3.05, 3.63) is 35.4 Å². The lowest BCUT2D eigenvalue weighted by Crippen LogP contribution is -2.35. The Hall–Kier alpha value is -1.84. The first kappa shape index (κ1) is 13.2. The van der Waals surface area contributed by atoms with E-state index < -0.39 is 11.9 Å². The van der Waals surface area contributed by atoms with Crippen LogP contribution in [0.15, 0.2) is 24.3 Å². The maximum absolute atomic E-state index is 12.7. The van der Waals surface area contributed by atoms with E-state index in [4.69, 9.17) is 5.11 Å². The number of hydrogen-bond donors (Lipinski definition) is 1. The fraction of sp³-hybridized carbons (Fsp3) is 0.500. The number of benzene rings is 1. The summed E-state index contributed by atoms with van der Waals surface area (Å²) in [5.74, 6) is -1.14. The van der Waals surface area contributed by atoms with E-state index in [1.165, 1.54) is 5.56 Å². The third kappa shape index (κ3) is 2.30. The Morgan fingerprint density at radius 3 is 2.75 bits per heavy atom. The van der Waals surface area contributed by atoms with Gasteiger partial charge in [-0.1, -0.05) is 24.3 Å². The van der Waals surface area contributed by atoms with Crippen molar-refractivity contribution in [2.24, 2.45) is 5.92 Å². The molecule has 1 N–H and O–H groups in total. The van der Waals surface area contributed by atoms with Crippen molar-refractivity contribution in [1.82, 2.24) is 4.90 Å². The zero-order valence-corrected chi connectivity index (χ0v) is 11.4. The van der Waals surface area contributed by atoms with Crippen molar-refractivity contribution >= 4 is 11.9 Å². The van der Waals surface area contributed by atoms with Crippen molar-refractivity contribution in [1.29, 1.82) is 0 Å². The Morgan fingerprint density at radius 2 is 2.00 bits per heavy atom. The number of nitrogens with zero attached hydrogens (tertiary/aromatic N) is 1. The molecule has 4 heteroatoms. The fourth-order valence-corrected chi connectivity index (χ4v) is 3.39. The molecule has 1 fully saturated rings. The van der Waals surface area contributed by atoms with Gasteiger partial charge in [0.25, 0.3) is 0 Å². The second kappa shape index (κ2) is 5.27. The van der Waals surface area contributed by atoms with E-state index in [1.807, 2.05) is 18.2 Å². The van der Waals surface area contributed by atoms with E-state index in [2.05, 4.69) is 6.07 Å². The molecular weight excluding hydrogens is 254 g/mol. The zero-order valence-electron chi connectivity index (χ0n) is 11.4. The van der Waals surface area contributed by atoms with Gasteiger partial charge in [0.05, 0.1) is 11.8 Å². The van der Waals surface area contributed by atoms with Crippen LogP contribution in [-0.2, 0) is 16.0 Å². The van der Waals surface area contributed by atoms with Gasteiger partial charge in [-0.15, -0.1) is 0 Å². The van der Waals surface area contributed by atoms with Gasteiger partial charge in [0.1, 0.15) is 0 Å². The van der Waals surface area contributed by atoms with Crippen LogP contribution in [0.5, 0.6) is 0 Å². The third-order valence-electron chi connectivity index (χ3n) is 4.52. The second-order valence-corrected chi connectivity index (χ2v) is 5.75. The molecule has 0 bridgehead atoms. The smallest absolute Gasteiger partial charge is 0.308 e. The Morgan fingerprint density at radius 1 is 1.20 bits per heavy atom. The van der Waals surface area contributed by atoms with Crippen LogP contribution < -0.4 is 0 Å². The first-order valence-electron chi connectivity index (χ1n) is 7.26. The molecule has 0 radical (unpaired) electrons. The maximum atomic E-state index is 12.7. The van der Waals surface area contributed by atoms with E-state index >= 15 is 0 Å². The molecule has 2 aliphatic rings. The van der Waals surface area contributed by atoms with Gasteiger partial charge in [0, 0.05) is 13.1 Å². The van der Waals surface area contributed by atoms with Crippen LogP contribution in [0.3, 0.4) is 0 Å². The van der Waals surface area contributed by atoms with Crippen LogP contribution >= 0.6 is 0 Å². The molecule has 1 amide bonds. The van der Waals surface area contributed by atoms with Gasteiger partial charge in [-0.05, 0) is 36.8 Å². The molecule has 3 rings (SSSR count). The maximum Gasteiger partial charge on any atom is 0.308 e. The van der Waals surface area contributed by atoms with Crippen molar-refractivity contribution < 1.29 is 14.7 Å². The topological polar surface area (TPSA) is 57.6 Å². The molecule has 2 atom stereocenters. The monoisotopic (exact) mass is 273 g/mol. The average molecular weight is 273 g/mol. The molecular formula is C16H19NO3. The van der Waals surface area contributed by atoms with Crippen molar-refractivity contribution in [3.8, 4) is 0 Å². The van der Waals surface area contributed by atoms with Crippen molar-refractivity contribution in [2.45, 2.75) is 31.6 Å². The van der Waals surface area contributed by atoms with Gasteiger partial charge in [0.15, 0.2) is 0 Å². The molecule has 4 nitrogen and oxygen atoms in total. The molecule has 0 spiro atoms. The molecule has 1 heterocycles. The summed E-state index contributed by atoms with van der Waals surface area (Å²) < 4.78 is 0. The van der Waals surface area contributed by atoms with Gasteiger partial charge in [0.2, 0.25) is 5.91 Å². The van der Waals surface area contributed by atoms with Crippen molar-refractivity contribution in [3.63, 3.8) is 0 Å². The number of likely N-dealkylation sites (tertiary alicyclic amines) is 1. The average Bonchev–Trinajstić information content (AvgIpc) is 2.96. The minimum absolute atomic E-state index is 0.0764. The van der Waals surface area contributed by atoms with Crippen LogP contribution in [0.1, 0.15) is 36.3 Å². The largest absolute Gasteiger partial charge is 0.481 e. The molecule has 0 aromatic heterocycles. The number of carboxylic acid groups (broad SMARTS) is 1. The number of hydrogen-bond acceptors (Lipinski definition) is 2. The first-order valence-corrected chi connectivity index (χ1v) is 7.26.